The van der Waals surface area contributed by atoms with Gasteiger partial charge in [0, 0.05) is 33.2 Å². The summed E-state index contributed by atoms with van der Waals surface area (Å²) in [6.45, 7) is 9.71. The highest BCUT2D eigenvalue weighted by Crippen LogP contribution is 2.14. The van der Waals surface area contributed by atoms with Gasteiger partial charge < -0.3 is 15.1 Å². The first kappa shape index (κ1) is 15.0. The van der Waals surface area contributed by atoms with E-state index in [1.165, 1.54) is 4.90 Å². The summed E-state index contributed by atoms with van der Waals surface area (Å²) in [5.74, 6) is -0.766. The first-order valence-corrected chi connectivity index (χ1v) is 6.56. The van der Waals surface area contributed by atoms with E-state index in [0.29, 0.717) is 19.6 Å². The molecule has 0 saturated carbocycles. The molecule has 104 valence electrons. The molecule has 1 N–H and O–H groups in total. The third-order valence-electron chi connectivity index (χ3n) is 2.87. The van der Waals surface area contributed by atoms with Gasteiger partial charge in [-0.15, -0.1) is 0 Å². The molecule has 1 rings (SSSR count). The van der Waals surface area contributed by atoms with Crippen LogP contribution < -0.4 is 5.32 Å². The predicted molar refractivity (Wildman–Crippen MR) is 71.2 cm³/mol. The van der Waals surface area contributed by atoms with E-state index < -0.39 is 5.91 Å². The molecule has 1 heterocycles. The predicted octanol–water partition coefficient (Wildman–Crippen LogP) is 0.313. The molecule has 0 spiro atoms. The Balaban J connectivity index is 2.56. The van der Waals surface area contributed by atoms with Crippen LogP contribution in [0.5, 0.6) is 0 Å². The van der Waals surface area contributed by atoms with Crippen LogP contribution in [0, 0.1) is 5.41 Å². The number of hydrogen-bond donors (Lipinski definition) is 1. The SMILES string of the molecule is CN(CC(C)(C)C)C(=O)C(=O)N1CCCNCC1. The summed E-state index contributed by atoms with van der Waals surface area (Å²) in [5, 5.41) is 3.22. The van der Waals surface area contributed by atoms with Crippen molar-refractivity contribution in [3.63, 3.8) is 0 Å². The van der Waals surface area contributed by atoms with Gasteiger partial charge >= 0.3 is 11.8 Å². The van der Waals surface area contributed by atoms with Crippen LogP contribution >= 0.6 is 0 Å². The average Bonchev–Trinajstić information content (AvgIpc) is 2.53. The fourth-order valence-corrected chi connectivity index (χ4v) is 2.13. The highest BCUT2D eigenvalue weighted by molar-refractivity contribution is 6.34. The highest BCUT2D eigenvalue weighted by Gasteiger charge is 2.27. The maximum absolute atomic E-state index is 12.1. The van der Waals surface area contributed by atoms with E-state index in [4.69, 9.17) is 0 Å². The normalized spacial score (nSPS) is 17.2. The zero-order chi connectivity index (χ0) is 13.8. The van der Waals surface area contributed by atoms with Gasteiger partial charge in [0.25, 0.3) is 0 Å². The van der Waals surface area contributed by atoms with E-state index in [-0.39, 0.29) is 11.3 Å². The summed E-state index contributed by atoms with van der Waals surface area (Å²) in [6, 6.07) is 0. The summed E-state index contributed by atoms with van der Waals surface area (Å²) >= 11 is 0. The summed E-state index contributed by atoms with van der Waals surface area (Å²) in [6.07, 6.45) is 0.905. The quantitative estimate of drug-likeness (QED) is 0.686. The first-order valence-electron chi connectivity index (χ1n) is 6.56. The molecule has 1 fully saturated rings. The molecule has 2 amide bonds. The van der Waals surface area contributed by atoms with Crippen LogP contribution in [0.2, 0.25) is 0 Å². The molecule has 0 aromatic heterocycles. The topological polar surface area (TPSA) is 52.7 Å². The monoisotopic (exact) mass is 255 g/mol. The second-order valence-electron chi connectivity index (χ2n) is 6.12. The van der Waals surface area contributed by atoms with Gasteiger partial charge in [-0.2, -0.15) is 0 Å². The molecular weight excluding hydrogens is 230 g/mol. The summed E-state index contributed by atoms with van der Waals surface area (Å²) in [7, 11) is 1.70. The van der Waals surface area contributed by atoms with Crippen molar-refractivity contribution in [1.82, 2.24) is 15.1 Å². The van der Waals surface area contributed by atoms with E-state index in [9.17, 15) is 9.59 Å². The Hall–Kier alpha value is -1.10. The van der Waals surface area contributed by atoms with Crippen molar-refractivity contribution in [2.24, 2.45) is 5.41 Å². The lowest BCUT2D eigenvalue weighted by Gasteiger charge is -2.28. The lowest BCUT2D eigenvalue weighted by Crippen LogP contribution is -2.47. The van der Waals surface area contributed by atoms with Gasteiger partial charge in [0.05, 0.1) is 0 Å². The molecule has 1 aliphatic heterocycles. The summed E-state index contributed by atoms with van der Waals surface area (Å²) in [4.78, 5) is 27.3. The van der Waals surface area contributed by atoms with Gasteiger partial charge in [-0.1, -0.05) is 20.8 Å². The number of carbonyl (C=O) groups excluding carboxylic acids is 2. The van der Waals surface area contributed by atoms with E-state index in [1.807, 2.05) is 0 Å². The van der Waals surface area contributed by atoms with Crippen molar-refractivity contribution in [1.29, 1.82) is 0 Å². The Morgan fingerprint density at radius 2 is 1.89 bits per heavy atom. The fraction of sp³-hybridized carbons (Fsp3) is 0.846. The molecule has 0 atom stereocenters. The molecule has 5 nitrogen and oxygen atoms in total. The Labute approximate surface area is 110 Å². The van der Waals surface area contributed by atoms with Crippen LogP contribution in [-0.4, -0.2) is 61.4 Å². The summed E-state index contributed by atoms with van der Waals surface area (Å²) in [5.41, 5.74) is 0.00499. The van der Waals surface area contributed by atoms with Crippen molar-refractivity contribution in [3.8, 4) is 0 Å². The Kier molecular flexibility index (Phi) is 5.14. The Morgan fingerprint density at radius 3 is 2.50 bits per heavy atom. The van der Waals surface area contributed by atoms with E-state index >= 15 is 0 Å². The fourth-order valence-electron chi connectivity index (χ4n) is 2.13. The van der Waals surface area contributed by atoms with Crippen LogP contribution in [0.15, 0.2) is 0 Å². The minimum atomic E-state index is -0.396. The van der Waals surface area contributed by atoms with Crippen LogP contribution in [0.1, 0.15) is 27.2 Å². The van der Waals surface area contributed by atoms with E-state index in [0.717, 1.165) is 19.5 Å². The molecule has 0 bridgehead atoms. The number of rotatable bonds is 1. The van der Waals surface area contributed by atoms with Crippen LogP contribution in [-0.2, 0) is 9.59 Å². The zero-order valence-electron chi connectivity index (χ0n) is 12.0. The van der Waals surface area contributed by atoms with Crippen LogP contribution in [0.25, 0.3) is 0 Å². The van der Waals surface area contributed by atoms with Crippen molar-refractivity contribution >= 4 is 11.8 Å². The van der Waals surface area contributed by atoms with E-state index in [1.54, 1.807) is 11.9 Å². The zero-order valence-corrected chi connectivity index (χ0v) is 12.0. The van der Waals surface area contributed by atoms with Gasteiger partial charge in [0.1, 0.15) is 0 Å². The molecule has 1 aliphatic rings. The first-order chi connectivity index (χ1) is 8.31. The highest BCUT2D eigenvalue weighted by atomic mass is 16.2. The molecule has 1 saturated heterocycles. The maximum atomic E-state index is 12.1. The van der Waals surface area contributed by atoms with Crippen molar-refractivity contribution < 1.29 is 9.59 Å². The van der Waals surface area contributed by atoms with Gasteiger partial charge in [-0.05, 0) is 18.4 Å². The molecule has 0 aromatic rings. The minimum absolute atomic E-state index is 0.00499. The van der Waals surface area contributed by atoms with E-state index in [2.05, 4.69) is 26.1 Å². The van der Waals surface area contributed by atoms with Gasteiger partial charge in [0.15, 0.2) is 0 Å². The lowest BCUT2D eigenvalue weighted by atomic mass is 9.96. The molecule has 0 aliphatic carbocycles. The summed E-state index contributed by atoms with van der Waals surface area (Å²) < 4.78 is 0. The molecule has 18 heavy (non-hydrogen) atoms. The number of hydrogen-bond acceptors (Lipinski definition) is 3. The molecule has 0 radical (unpaired) electrons. The third kappa shape index (κ3) is 4.64. The maximum Gasteiger partial charge on any atom is 0.312 e. The molecular formula is C13H25N3O2. The van der Waals surface area contributed by atoms with Crippen LogP contribution in [0.4, 0.5) is 0 Å². The standard InChI is InChI=1S/C13H25N3O2/c1-13(2,3)10-15(4)11(17)12(18)16-8-5-6-14-7-9-16/h14H,5-10H2,1-4H3. The number of likely N-dealkylation sites (N-methyl/N-ethyl adjacent to an activating group) is 1. The smallest absolute Gasteiger partial charge is 0.312 e. The molecule has 0 unspecified atom stereocenters. The second-order valence-corrected chi connectivity index (χ2v) is 6.12. The number of amides is 2. The largest absolute Gasteiger partial charge is 0.337 e. The Bertz CT molecular complexity index is 302. The minimum Gasteiger partial charge on any atom is -0.337 e. The Morgan fingerprint density at radius 1 is 1.22 bits per heavy atom. The molecule has 5 heteroatoms. The number of carbonyl (C=O) groups is 2. The third-order valence-corrected chi connectivity index (χ3v) is 2.87. The number of nitrogens with one attached hydrogen (secondary N) is 1. The van der Waals surface area contributed by atoms with Crippen molar-refractivity contribution in [2.75, 3.05) is 39.8 Å². The second kappa shape index (κ2) is 6.18. The number of nitrogens with zero attached hydrogens (tertiary/aromatic N) is 2. The van der Waals surface area contributed by atoms with Crippen molar-refractivity contribution in [2.45, 2.75) is 27.2 Å². The lowest BCUT2D eigenvalue weighted by molar-refractivity contribution is -0.151. The molecule has 0 aromatic carbocycles. The van der Waals surface area contributed by atoms with Gasteiger partial charge in [0.2, 0.25) is 0 Å². The van der Waals surface area contributed by atoms with Crippen molar-refractivity contribution in [3.05, 3.63) is 0 Å². The van der Waals surface area contributed by atoms with Crippen LogP contribution in [0.3, 0.4) is 0 Å². The van der Waals surface area contributed by atoms with Gasteiger partial charge in [-0.25, -0.2) is 0 Å². The van der Waals surface area contributed by atoms with Gasteiger partial charge in [-0.3, -0.25) is 9.59 Å². The average molecular weight is 255 g/mol.